The number of hydrogen-bond donors (Lipinski definition) is 1. The van der Waals surface area contributed by atoms with Gasteiger partial charge < -0.3 is 10.6 Å². The van der Waals surface area contributed by atoms with Crippen molar-refractivity contribution in [1.29, 1.82) is 0 Å². The number of benzene rings is 2. The number of hydrogen-bond acceptors (Lipinski definition) is 6. The van der Waals surface area contributed by atoms with Gasteiger partial charge in [0, 0.05) is 37.0 Å². The van der Waals surface area contributed by atoms with E-state index >= 15 is 0 Å². The summed E-state index contributed by atoms with van der Waals surface area (Å²) in [7, 11) is 1.66. The van der Waals surface area contributed by atoms with Crippen molar-refractivity contribution in [2.75, 3.05) is 18.0 Å². The molecule has 1 aliphatic rings. The Bertz CT molecular complexity index is 1940. The molecule has 0 spiro atoms. The van der Waals surface area contributed by atoms with E-state index in [2.05, 4.69) is 34.9 Å². The summed E-state index contributed by atoms with van der Waals surface area (Å²) in [5.74, 6) is 6.63. The molecule has 5 aromatic rings. The number of anilines is 1. The van der Waals surface area contributed by atoms with Crippen molar-refractivity contribution in [2.45, 2.75) is 45.8 Å². The minimum Gasteiger partial charge on any atom is -0.341 e. The Hall–Kier alpha value is -4.42. The predicted octanol–water partition coefficient (Wildman–Crippen LogP) is 2.91. The maximum absolute atomic E-state index is 14.1. The van der Waals surface area contributed by atoms with E-state index in [-0.39, 0.29) is 19.1 Å². The number of pyridine rings is 1. The Morgan fingerprint density at radius 2 is 1.87 bits per heavy atom. The van der Waals surface area contributed by atoms with Gasteiger partial charge in [0.05, 0.1) is 24.3 Å². The van der Waals surface area contributed by atoms with Crippen molar-refractivity contribution in [3.63, 3.8) is 0 Å². The van der Waals surface area contributed by atoms with E-state index in [0.29, 0.717) is 29.4 Å². The summed E-state index contributed by atoms with van der Waals surface area (Å²) in [6, 6.07) is 14.2. The summed E-state index contributed by atoms with van der Waals surface area (Å²) in [5.41, 5.74) is 8.71. The van der Waals surface area contributed by atoms with E-state index in [0.717, 1.165) is 46.6 Å². The van der Waals surface area contributed by atoms with Gasteiger partial charge in [0.15, 0.2) is 11.2 Å². The monoisotopic (exact) mass is 521 g/mol. The van der Waals surface area contributed by atoms with Crippen LogP contribution in [-0.4, -0.2) is 42.8 Å². The van der Waals surface area contributed by atoms with Gasteiger partial charge in [0.25, 0.3) is 5.56 Å². The Morgan fingerprint density at radius 3 is 2.67 bits per heavy atom. The van der Waals surface area contributed by atoms with Gasteiger partial charge >= 0.3 is 5.69 Å². The highest BCUT2D eigenvalue weighted by molar-refractivity contribution is 6.06. The SMILES string of the molecule is CC#CCn1c(N2CCCC(N)C2)nc2c1c(=O)n(Cc1nc3ccccc3c3ccc(C)cc13)c(=O)n2C. The fourth-order valence-electron chi connectivity index (χ4n) is 5.65. The lowest BCUT2D eigenvalue weighted by Gasteiger charge is -2.31. The lowest BCUT2D eigenvalue weighted by molar-refractivity contribution is 0.496. The van der Waals surface area contributed by atoms with Gasteiger partial charge in [-0.2, -0.15) is 4.98 Å². The maximum Gasteiger partial charge on any atom is 0.332 e. The van der Waals surface area contributed by atoms with E-state index in [1.165, 1.54) is 9.13 Å². The molecule has 0 bridgehead atoms. The first kappa shape index (κ1) is 24.9. The van der Waals surface area contributed by atoms with Crippen molar-refractivity contribution < 1.29 is 0 Å². The van der Waals surface area contributed by atoms with Crippen molar-refractivity contribution in [1.82, 2.24) is 23.7 Å². The van der Waals surface area contributed by atoms with Crippen LogP contribution < -0.4 is 21.9 Å². The van der Waals surface area contributed by atoms with Gasteiger partial charge in [-0.15, -0.1) is 5.92 Å². The predicted molar refractivity (Wildman–Crippen MR) is 155 cm³/mol. The summed E-state index contributed by atoms with van der Waals surface area (Å²) >= 11 is 0. The summed E-state index contributed by atoms with van der Waals surface area (Å²) < 4.78 is 4.55. The molecule has 1 aliphatic heterocycles. The molecular formula is C30H31N7O2. The van der Waals surface area contributed by atoms with Crippen LogP contribution in [0.4, 0.5) is 5.95 Å². The number of rotatable bonds is 4. The smallest absolute Gasteiger partial charge is 0.332 e. The standard InChI is InChI=1S/C30H31N7O2/c1-4-5-15-36-26-27(33-29(36)35-14-8-9-20(31)17-35)34(3)30(39)37(28(26)38)18-25-23-16-19(2)12-13-21(23)22-10-6-7-11-24(22)32-25/h6-7,10-13,16,20H,8-9,14-15,17-18,31H2,1-3H3. The molecule has 1 fully saturated rings. The molecule has 1 unspecified atom stereocenters. The fraction of sp³-hybridized carbons (Fsp3) is 0.333. The number of nitrogens with zero attached hydrogens (tertiary/aromatic N) is 6. The number of imidazole rings is 1. The van der Waals surface area contributed by atoms with E-state index in [1.807, 2.05) is 35.8 Å². The Morgan fingerprint density at radius 1 is 1.05 bits per heavy atom. The zero-order valence-electron chi connectivity index (χ0n) is 22.4. The molecule has 198 valence electrons. The molecule has 9 heteroatoms. The van der Waals surface area contributed by atoms with Crippen LogP contribution in [-0.2, 0) is 20.1 Å². The first-order chi connectivity index (χ1) is 18.9. The first-order valence-corrected chi connectivity index (χ1v) is 13.3. The minimum atomic E-state index is -0.434. The third-order valence-electron chi connectivity index (χ3n) is 7.61. The van der Waals surface area contributed by atoms with Gasteiger partial charge in [0.1, 0.15) is 0 Å². The zero-order chi connectivity index (χ0) is 27.3. The van der Waals surface area contributed by atoms with Crippen molar-refractivity contribution in [3.8, 4) is 11.8 Å². The van der Waals surface area contributed by atoms with E-state index < -0.39 is 11.2 Å². The van der Waals surface area contributed by atoms with Crippen LogP contribution in [0.25, 0.3) is 32.8 Å². The molecule has 0 amide bonds. The van der Waals surface area contributed by atoms with Gasteiger partial charge in [-0.05, 0) is 44.2 Å². The summed E-state index contributed by atoms with van der Waals surface area (Å²) in [5, 5.41) is 3.00. The molecular weight excluding hydrogens is 490 g/mol. The minimum absolute atomic E-state index is 0.0282. The number of aromatic nitrogens is 5. The molecule has 2 aromatic carbocycles. The molecule has 0 aliphatic carbocycles. The molecule has 0 saturated carbocycles. The molecule has 9 nitrogen and oxygen atoms in total. The first-order valence-electron chi connectivity index (χ1n) is 13.3. The average molecular weight is 522 g/mol. The normalized spacial score (nSPS) is 15.7. The number of fused-ring (bicyclic) bond motifs is 4. The van der Waals surface area contributed by atoms with Gasteiger partial charge in [-0.25, -0.2) is 4.79 Å². The van der Waals surface area contributed by atoms with Crippen LogP contribution >= 0.6 is 0 Å². The highest BCUT2D eigenvalue weighted by Gasteiger charge is 2.26. The molecule has 1 saturated heterocycles. The molecule has 1 atom stereocenters. The maximum atomic E-state index is 14.1. The number of aryl methyl sites for hydroxylation is 2. The van der Waals surface area contributed by atoms with Crippen LogP contribution in [0.2, 0.25) is 0 Å². The van der Waals surface area contributed by atoms with Crippen LogP contribution in [0.3, 0.4) is 0 Å². The van der Waals surface area contributed by atoms with Crippen molar-refractivity contribution in [3.05, 3.63) is 74.6 Å². The lowest BCUT2D eigenvalue weighted by Crippen LogP contribution is -2.44. The van der Waals surface area contributed by atoms with Gasteiger partial charge in [-0.3, -0.25) is 23.5 Å². The highest BCUT2D eigenvalue weighted by atomic mass is 16.2. The quantitative estimate of drug-likeness (QED) is 0.288. The second-order valence-corrected chi connectivity index (χ2v) is 10.3. The summed E-state index contributed by atoms with van der Waals surface area (Å²) in [4.78, 5) is 39.5. The Labute approximate surface area is 225 Å². The highest BCUT2D eigenvalue weighted by Crippen LogP contribution is 2.28. The van der Waals surface area contributed by atoms with Gasteiger partial charge in [-0.1, -0.05) is 41.8 Å². The second-order valence-electron chi connectivity index (χ2n) is 10.3. The van der Waals surface area contributed by atoms with Crippen LogP contribution in [0.15, 0.2) is 52.1 Å². The topological polar surface area (TPSA) is 104 Å². The Kier molecular flexibility index (Phi) is 6.20. The molecule has 2 N–H and O–H groups in total. The second kappa shape index (κ2) is 9.71. The Balaban J connectivity index is 1.59. The molecule has 0 radical (unpaired) electrons. The van der Waals surface area contributed by atoms with Crippen molar-refractivity contribution in [2.24, 2.45) is 12.8 Å². The summed E-state index contributed by atoms with van der Waals surface area (Å²) in [6.07, 6.45) is 1.89. The molecule has 4 heterocycles. The fourth-order valence-corrected chi connectivity index (χ4v) is 5.65. The molecule has 39 heavy (non-hydrogen) atoms. The number of nitrogens with two attached hydrogens (primary N) is 1. The van der Waals surface area contributed by atoms with Crippen LogP contribution in [0.5, 0.6) is 0 Å². The van der Waals surface area contributed by atoms with Crippen LogP contribution in [0, 0.1) is 18.8 Å². The number of piperidine rings is 1. The van der Waals surface area contributed by atoms with E-state index in [9.17, 15) is 9.59 Å². The number of para-hydroxylation sites is 1. The third kappa shape index (κ3) is 4.17. The zero-order valence-corrected chi connectivity index (χ0v) is 22.4. The third-order valence-corrected chi connectivity index (χ3v) is 7.61. The summed E-state index contributed by atoms with van der Waals surface area (Å²) in [6.45, 7) is 5.54. The van der Waals surface area contributed by atoms with Gasteiger partial charge in [0.2, 0.25) is 5.95 Å². The lowest BCUT2D eigenvalue weighted by atomic mass is 10.0. The molecule has 6 rings (SSSR count). The van der Waals surface area contributed by atoms with E-state index in [1.54, 1.807) is 14.0 Å². The van der Waals surface area contributed by atoms with Crippen molar-refractivity contribution >= 4 is 38.8 Å². The van der Waals surface area contributed by atoms with Crippen LogP contribution in [0.1, 0.15) is 31.0 Å². The molecule has 3 aromatic heterocycles. The largest absolute Gasteiger partial charge is 0.341 e. The van der Waals surface area contributed by atoms with E-state index in [4.69, 9.17) is 15.7 Å². The average Bonchev–Trinajstić information content (AvgIpc) is 3.32.